The lowest BCUT2D eigenvalue weighted by Crippen LogP contribution is -2.27. The molecule has 0 aliphatic carbocycles. The Hall–Kier alpha value is -1.46. The van der Waals surface area contributed by atoms with E-state index in [0.29, 0.717) is 18.9 Å². The van der Waals surface area contributed by atoms with Gasteiger partial charge in [0.15, 0.2) is 0 Å². The van der Waals surface area contributed by atoms with Gasteiger partial charge in [-0.1, -0.05) is 0 Å². The number of carbonyl (C=O) groups is 1. The van der Waals surface area contributed by atoms with Gasteiger partial charge in [0.2, 0.25) is 5.91 Å². The van der Waals surface area contributed by atoms with Crippen LogP contribution in [-0.4, -0.2) is 42.6 Å². The molecule has 0 spiro atoms. The number of hydrogen-bond acceptors (Lipinski definition) is 4. The van der Waals surface area contributed by atoms with E-state index in [0.717, 1.165) is 43.1 Å². The lowest BCUT2D eigenvalue weighted by molar-refractivity contribution is -0.117. The number of nitrogens with zero attached hydrogens (tertiary/aromatic N) is 2. The quantitative estimate of drug-likeness (QED) is 0.828. The Morgan fingerprint density at radius 3 is 3.05 bits per heavy atom. The summed E-state index contributed by atoms with van der Waals surface area (Å²) in [5, 5.41) is 0. The van der Waals surface area contributed by atoms with E-state index in [2.05, 4.69) is 11.0 Å². The first-order valence-electron chi connectivity index (χ1n) is 7.59. The van der Waals surface area contributed by atoms with E-state index in [1.807, 2.05) is 13.0 Å². The van der Waals surface area contributed by atoms with Gasteiger partial charge in [-0.05, 0) is 50.4 Å². The normalized spacial score (nSPS) is 19.0. The SMILES string of the molecule is COCCN1CCCC1c1cc(CCC(N)=O)cc(C)n1. The van der Waals surface area contributed by atoms with Crippen molar-refractivity contribution in [2.75, 3.05) is 26.8 Å². The number of likely N-dealkylation sites (tertiary alicyclic amines) is 1. The average molecular weight is 291 g/mol. The molecule has 0 radical (unpaired) electrons. The van der Waals surface area contributed by atoms with Crippen LogP contribution in [0.15, 0.2) is 12.1 Å². The zero-order valence-corrected chi connectivity index (χ0v) is 13.0. The molecule has 1 aromatic heterocycles. The Morgan fingerprint density at radius 2 is 2.33 bits per heavy atom. The molecule has 0 saturated carbocycles. The maximum atomic E-state index is 11.0. The molecule has 0 aromatic carbocycles. The van der Waals surface area contributed by atoms with Crippen LogP contribution in [0.2, 0.25) is 0 Å². The molecule has 1 aliphatic heterocycles. The standard InChI is InChI=1S/C16H25N3O2/c1-12-10-13(5-6-16(17)20)11-14(18-12)15-4-3-7-19(15)8-9-21-2/h10-11,15H,3-9H2,1-2H3,(H2,17,20). The summed E-state index contributed by atoms with van der Waals surface area (Å²) in [7, 11) is 1.73. The van der Waals surface area contributed by atoms with E-state index < -0.39 is 0 Å². The Labute approximate surface area is 126 Å². The van der Waals surface area contributed by atoms with Crippen LogP contribution in [0.5, 0.6) is 0 Å². The molecule has 2 N–H and O–H groups in total. The molecule has 2 rings (SSSR count). The fourth-order valence-electron chi connectivity index (χ4n) is 2.99. The number of rotatable bonds is 7. The first-order chi connectivity index (χ1) is 10.1. The summed E-state index contributed by atoms with van der Waals surface area (Å²) in [6, 6.07) is 4.54. The van der Waals surface area contributed by atoms with E-state index in [4.69, 9.17) is 15.5 Å². The van der Waals surface area contributed by atoms with E-state index >= 15 is 0 Å². The van der Waals surface area contributed by atoms with Gasteiger partial charge in [-0.15, -0.1) is 0 Å². The van der Waals surface area contributed by atoms with E-state index in [-0.39, 0.29) is 5.91 Å². The molecule has 0 bridgehead atoms. The number of amides is 1. The molecular formula is C16H25N3O2. The van der Waals surface area contributed by atoms with Crippen molar-refractivity contribution in [1.82, 2.24) is 9.88 Å². The van der Waals surface area contributed by atoms with Crippen LogP contribution in [0, 0.1) is 6.92 Å². The highest BCUT2D eigenvalue weighted by atomic mass is 16.5. The average Bonchev–Trinajstić information content (AvgIpc) is 2.90. The zero-order valence-electron chi connectivity index (χ0n) is 13.0. The predicted molar refractivity (Wildman–Crippen MR) is 81.9 cm³/mol. The van der Waals surface area contributed by atoms with Crippen molar-refractivity contribution in [2.24, 2.45) is 5.73 Å². The fourth-order valence-corrected chi connectivity index (χ4v) is 2.99. The maximum Gasteiger partial charge on any atom is 0.217 e. The lowest BCUT2D eigenvalue weighted by atomic mass is 10.0. The van der Waals surface area contributed by atoms with Crippen LogP contribution < -0.4 is 5.73 Å². The first-order valence-corrected chi connectivity index (χ1v) is 7.59. The molecule has 5 heteroatoms. The van der Waals surface area contributed by atoms with Crippen molar-refractivity contribution in [1.29, 1.82) is 0 Å². The minimum Gasteiger partial charge on any atom is -0.383 e. The number of pyridine rings is 1. The van der Waals surface area contributed by atoms with Gasteiger partial charge >= 0.3 is 0 Å². The number of primary amides is 1. The summed E-state index contributed by atoms with van der Waals surface area (Å²) in [6.07, 6.45) is 3.41. The van der Waals surface area contributed by atoms with Gasteiger partial charge in [-0.3, -0.25) is 14.7 Å². The van der Waals surface area contributed by atoms with Gasteiger partial charge in [0, 0.05) is 25.8 Å². The molecule has 1 unspecified atom stereocenters. The first kappa shape index (κ1) is 15.9. The predicted octanol–water partition coefficient (Wildman–Crippen LogP) is 1.59. The van der Waals surface area contributed by atoms with Crippen LogP contribution in [0.3, 0.4) is 0 Å². The Balaban J connectivity index is 2.12. The minimum atomic E-state index is -0.256. The highest BCUT2D eigenvalue weighted by Gasteiger charge is 2.27. The van der Waals surface area contributed by atoms with Crippen molar-refractivity contribution < 1.29 is 9.53 Å². The highest BCUT2D eigenvalue weighted by molar-refractivity contribution is 5.74. The summed E-state index contributed by atoms with van der Waals surface area (Å²) in [5.41, 5.74) is 8.51. The Bertz CT molecular complexity index is 490. The second kappa shape index (κ2) is 7.52. The van der Waals surface area contributed by atoms with Crippen LogP contribution in [0.1, 0.15) is 42.3 Å². The lowest BCUT2D eigenvalue weighted by Gasteiger charge is -2.24. The molecule has 1 aliphatic rings. The Kier molecular flexibility index (Phi) is 5.70. The smallest absolute Gasteiger partial charge is 0.217 e. The third-order valence-electron chi connectivity index (χ3n) is 3.98. The molecule has 21 heavy (non-hydrogen) atoms. The number of methoxy groups -OCH3 is 1. The second-order valence-corrected chi connectivity index (χ2v) is 5.69. The van der Waals surface area contributed by atoms with Gasteiger partial charge in [-0.2, -0.15) is 0 Å². The number of nitrogens with two attached hydrogens (primary N) is 1. The number of ether oxygens (including phenoxy) is 1. The van der Waals surface area contributed by atoms with E-state index in [1.165, 1.54) is 6.42 Å². The number of hydrogen-bond donors (Lipinski definition) is 1. The van der Waals surface area contributed by atoms with Crippen molar-refractivity contribution in [3.8, 4) is 0 Å². The van der Waals surface area contributed by atoms with Gasteiger partial charge in [0.25, 0.3) is 0 Å². The summed E-state index contributed by atoms with van der Waals surface area (Å²) in [4.78, 5) is 18.1. The van der Waals surface area contributed by atoms with Crippen molar-refractivity contribution >= 4 is 5.91 Å². The zero-order chi connectivity index (χ0) is 15.2. The summed E-state index contributed by atoms with van der Waals surface area (Å²) >= 11 is 0. The molecular weight excluding hydrogens is 266 g/mol. The third-order valence-corrected chi connectivity index (χ3v) is 3.98. The van der Waals surface area contributed by atoms with Crippen LogP contribution >= 0.6 is 0 Å². The third kappa shape index (κ3) is 4.51. The van der Waals surface area contributed by atoms with Crippen LogP contribution in [0.4, 0.5) is 0 Å². The molecule has 2 heterocycles. The van der Waals surface area contributed by atoms with Gasteiger partial charge in [-0.25, -0.2) is 0 Å². The molecule has 5 nitrogen and oxygen atoms in total. The van der Waals surface area contributed by atoms with Gasteiger partial charge in [0.05, 0.1) is 18.3 Å². The molecule has 1 fully saturated rings. The van der Waals surface area contributed by atoms with Crippen LogP contribution in [-0.2, 0) is 16.0 Å². The summed E-state index contributed by atoms with van der Waals surface area (Å²) in [5.74, 6) is -0.256. The minimum absolute atomic E-state index is 0.256. The van der Waals surface area contributed by atoms with Crippen molar-refractivity contribution in [3.05, 3.63) is 29.1 Å². The van der Waals surface area contributed by atoms with E-state index in [9.17, 15) is 4.79 Å². The largest absolute Gasteiger partial charge is 0.383 e. The van der Waals surface area contributed by atoms with Gasteiger partial charge < -0.3 is 10.5 Å². The molecule has 1 amide bonds. The summed E-state index contributed by atoms with van der Waals surface area (Å²) < 4.78 is 5.19. The molecule has 116 valence electrons. The summed E-state index contributed by atoms with van der Waals surface area (Å²) in [6.45, 7) is 4.79. The number of aryl methyl sites for hydroxylation is 2. The fraction of sp³-hybridized carbons (Fsp3) is 0.625. The van der Waals surface area contributed by atoms with Gasteiger partial charge in [0.1, 0.15) is 0 Å². The Morgan fingerprint density at radius 1 is 1.52 bits per heavy atom. The maximum absolute atomic E-state index is 11.0. The second-order valence-electron chi connectivity index (χ2n) is 5.69. The molecule has 1 aromatic rings. The van der Waals surface area contributed by atoms with Crippen LogP contribution in [0.25, 0.3) is 0 Å². The molecule has 1 atom stereocenters. The monoisotopic (exact) mass is 291 g/mol. The van der Waals surface area contributed by atoms with Crippen molar-refractivity contribution in [3.63, 3.8) is 0 Å². The topological polar surface area (TPSA) is 68.5 Å². The number of aromatic nitrogens is 1. The van der Waals surface area contributed by atoms with E-state index in [1.54, 1.807) is 7.11 Å². The number of carbonyl (C=O) groups excluding carboxylic acids is 1. The molecule has 1 saturated heterocycles. The highest BCUT2D eigenvalue weighted by Crippen LogP contribution is 2.31. The van der Waals surface area contributed by atoms with Crippen molar-refractivity contribution in [2.45, 2.75) is 38.6 Å².